The van der Waals surface area contributed by atoms with Crippen LogP contribution in [0.25, 0.3) is 0 Å². The number of para-hydroxylation sites is 1. The zero-order chi connectivity index (χ0) is 19.7. The van der Waals surface area contributed by atoms with E-state index in [9.17, 15) is 13.2 Å². The summed E-state index contributed by atoms with van der Waals surface area (Å²) in [6, 6.07) is 14.7. The van der Waals surface area contributed by atoms with Crippen LogP contribution in [0.1, 0.15) is 18.4 Å². The van der Waals surface area contributed by atoms with Crippen molar-refractivity contribution in [2.75, 3.05) is 24.7 Å². The number of thioether (sulfide) groups is 1. The molecule has 0 saturated carbocycles. The lowest BCUT2D eigenvalue weighted by atomic mass is 9.95. The molecule has 0 aromatic heterocycles. The fourth-order valence-corrected chi connectivity index (χ4v) is 5.43. The van der Waals surface area contributed by atoms with Crippen LogP contribution < -0.4 is 5.32 Å². The second kappa shape index (κ2) is 7.60. The molecular formula is C20H21N3O3S2. The first kappa shape index (κ1) is 19.0. The summed E-state index contributed by atoms with van der Waals surface area (Å²) in [5, 5.41) is 3.04. The fraction of sp³-hybridized carbons (Fsp3) is 0.300. The van der Waals surface area contributed by atoms with Gasteiger partial charge in [0.25, 0.3) is 10.0 Å². The largest absolute Gasteiger partial charge is 0.355 e. The van der Waals surface area contributed by atoms with Crippen LogP contribution in [0.5, 0.6) is 0 Å². The van der Waals surface area contributed by atoms with E-state index in [4.69, 9.17) is 0 Å². The SMILES string of the molecule is CSc1ccccc1NC(=O)C1CCN(C2=NS(=O)(=O)c3ccccc32)CC1. The lowest BCUT2D eigenvalue weighted by molar-refractivity contribution is -0.121. The molecule has 8 heteroatoms. The number of amidine groups is 1. The van der Waals surface area contributed by atoms with E-state index >= 15 is 0 Å². The predicted octanol–water partition coefficient (Wildman–Crippen LogP) is 3.21. The average molecular weight is 416 g/mol. The first-order chi connectivity index (χ1) is 13.5. The van der Waals surface area contributed by atoms with Crippen molar-refractivity contribution in [2.24, 2.45) is 10.3 Å². The Balaban J connectivity index is 1.44. The summed E-state index contributed by atoms with van der Waals surface area (Å²) < 4.78 is 28.5. The molecule has 0 aliphatic carbocycles. The van der Waals surface area contributed by atoms with Gasteiger partial charge >= 0.3 is 0 Å². The zero-order valence-corrected chi connectivity index (χ0v) is 17.1. The highest BCUT2D eigenvalue weighted by molar-refractivity contribution is 7.98. The lowest BCUT2D eigenvalue weighted by Crippen LogP contribution is -2.41. The Labute approximate surface area is 169 Å². The van der Waals surface area contributed by atoms with Crippen molar-refractivity contribution in [2.45, 2.75) is 22.6 Å². The van der Waals surface area contributed by atoms with Crippen LogP contribution in [0.4, 0.5) is 5.69 Å². The molecule has 146 valence electrons. The minimum atomic E-state index is -3.62. The summed E-state index contributed by atoms with van der Waals surface area (Å²) in [7, 11) is -3.62. The van der Waals surface area contributed by atoms with Crippen LogP contribution in [-0.2, 0) is 14.8 Å². The van der Waals surface area contributed by atoms with Crippen LogP contribution in [0.3, 0.4) is 0 Å². The van der Waals surface area contributed by atoms with E-state index in [1.165, 1.54) is 0 Å². The summed E-state index contributed by atoms with van der Waals surface area (Å²) >= 11 is 1.60. The number of carbonyl (C=O) groups is 1. The minimum Gasteiger partial charge on any atom is -0.355 e. The summed E-state index contributed by atoms with van der Waals surface area (Å²) in [6.45, 7) is 1.20. The molecule has 1 amide bonds. The minimum absolute atomic E-state index is 0.0162. The molecule has 0 bridgehead atoms. The van der Waals surface area contributed by atoms with Crippen molar-refractivity contribution in [3.8, 4) is 0 Å². The number of fused-ring (bicyclic) bond motifs is 1. The number of rotatable bonds is 3. The van der Waals surface area contributed by atoms with Crippen LogP contribution in [0, 0.1) is 5.92 Å². The number of benzene rings is 2. The van der Waals surface area contributed by atoms with Crippen LogP contribution >= 0.6 is 11.8 Å². The van der Waals surface area contributed by atoms with Gasteiger partial charge in [-0.15, -0.1) is 16.2 Å². The maximum absolute atomic E-state index is 12.7. The maximum Gasteiger partial charge on any atom is 0.285 e. The molecule has 1 fully saturated rings. The van der Waals surface area contributed by atoms with Crippen molar-refractivity contribution < 1.29 is 13.2 Å². The van der Waals surface area contributed by atoms with Crippen molar-refractivity contribution in [1.29, 1.82) is 0 Å². The van der Waals surface area contributed by atoms with Gasteiger partial charge in [-0.2, -0.15) is 8.42 Å². The fourth-order valence-electron chi connectivity index (χ4n) is 3.65. The molecule has 1 N–H and O–H groups in total. The Morgan fingerprint density at radius 1 is 1.11 bits per heavy atom. The first-order valence-corrected chi connectivity index (χ1v) is 11.8. The molecule has 0 unspecified atom stereocenters. The Kier molecular flexibility index (Phi) is 5.16. The van der Waals surface area contributed by atoms with Gasteiger partial charge in [0.15, 0.2) is 5.84 Å². The van der Waals surface area contributed by atoms with Crippen molar-refractivity contribution in [3.63, 3.8) is 0 Å². The number of nitrogens with one attached hydrogen (secondary N) is 1. The highest BCUT2D eigenvalue weighted by Gasteiger charge is 2.34. The lowest BCUT2D eigenvalue weighted by Gasteiger charge is -2.32. The smallest absolute Gasteiger partial charge is 0.285 e. The number of hydrogen-bond acceptors (Lipinski definition) is 5. The molecule has 2 aliphatic heterocycles. The Hall–Kier alpha value is -2.32. The summed E-state index contributed by atoms with van der Waals surface area (Å²) in [4.78, 5) is 16.0. The van der Waals surface area contributed by atoms with Crippen molar-refractivity contribution in [1.82, 2.24) is 4.90 Å². The molecule has 0 spiro atoms. The highest BCUT2D eigenvalue weighted by Crippen LogP contribution is 2.30. The van der Waals surface area contributed by atoms with Gasteiger partial charge in [0.1, 0.15) is 4.90 Å². The third-order valence-corrected chi connectivity index (χ3v) is 7.26. The monoisotopic (exact) mass is 415 g/mol. The standard InChI is InChI=1S/C20H21N3O3S2/c1-27-17-8-4-3-7-16(17)21-20(24)14-10-12-23(13-11-14)19-15-6-2-5-9-18(15)28(25,26)22-19/h2-9,14H,10-13H2,1H3,(H,21,24). The van der Waals surface area contributed by atoms with Crippen molar-refractivity contribution >= 4 is 39.2 Å². The maximum atomic E-state index is 12.7. The van der Waals surface area contributed by atoms with E-state index in [1.807, 2.05) is 41.5 Å². The molecule has 0 radical (unpaired) electrons. The van der Waals surface area contributed by atoms with Gasteiger partial charge in [0, 0.05) is 29.5 Å². The third kappa shape index (κ3) is 3.54. The first-order valence-electron chi connectivity index (χ1n) is 9.13. The molecule has 2 aromatic rings. The van der Waals surface area contributed by atoms with Gasteiger partial charge in [0.2, 0.25) is 5.91 Å². The van der Waals surface area contributed by atoms with Crippen LogP contribution in [-0.4, -0.2) is 44.4 Å². The topological polar surface area (TPSA) is 78.8 Å². The molecule has 2 aromatic carbocycles. The second-order valence-electron chi connectivity index (χ2n) is 6.84. The number of carbonyl (C=O) groups excluding carboxylic acids is 1. The highest BCUT2D eigenvalue weighted by atomic mass is 32.2. The predicted molar refractivity (Wildman–Crippen MR) is 111 cm³/mol. The number of hydrogen-bond donors (Lipinski definition) is 1. The zero-order valence-electron chi connectivity index (χ0n) is 15.5. The molecule has 2 heterocycles. The number of amides is 1. The molecule has 1 saturated heterocycles. The van der Waals surface area contributed by atoms with Gasteiger partial charge in [-0.3, -0.25) is 4.79 Å². The molecular weight excluding hydrogens is 394 g/mol. The third-order valence-electron chi connectivity index (χ3n) is 5.14. The average Bonchev–Trinajstić information content (AvgIpc) is 3.00. The van der Waals surface area contributed by atoms with E-state index in [-0.39, 0.29) is 16.7 Å². The Morgan fingerprint density at radius 2 is 1.79 bits per heavy atom. The van der Waals surface area contributed by atoms with E-state index < -0.39 is 10.0 Å². The van der Waals surface area contributed by atoms with E-state index in [1.54, 1.807) is 30.0 Å². The van der Waals surface area contributed by atoms with E-state index in [2.05, 4.69) is 9.71 Å². The molecule has 28 heavy (non-hydrogen) atoms. The van der Waals surface area contributed by atoms with Crippen LogP contribution in [0.2, 0.25) is 0 Å². The summed E-state index contributed by atoms with van der Waals surface area (Å²) in [6.07, 6.45) is 3.31. The Bertz CT molecular complexity index is 1040. The van der Waals surface area contributed by atoms with Gasteiger partial charge in [0.05, 0.1) is 5.69 Å². The van der Waals surface area contributed by atoms with E-state index in [0.717, 1.165) is 10.6 Å². The Morgan fingerprint density at radius 3 is 2.54 bits per heavy atom. The number of piperidine rings is 1. The van der Waals surface area contributed by atoms with Crippen molar-refractivity contribution in [3.05, 3.63) is 54.1 Å². The second-order valence-corrected chi connectivity index (χ2v) is 9.26. The number of sulfonamides is 1. The molecule has 0 atom stereocenters. The molecule has 6 nitrogen and oxygen atoms in total. The van der Waals surface area contributed by atoms with Gasteiger partial charge in [-0.05, 0) is 43.4 Å². The number of anilines is 1. The number of likely N-dealkylation sites (tertiary alicyclic amines) is 1. The van der Waals surface area contributed by atoms with Gasteiger partial charge < -0.3 is 10.2 Å². The van der Waals surface area contributed by atoms with E-state index in [0.29, 0.717) is 37.3 Å². The van der Waals surface area contributed by atoms with Gasteiger partial charge in [-0.1, -0.05) is 24.3 Å². The quantitative estimate of drug-likeness (QED) is 0.779. The number of nitrogens with zero attached hydrogens (tertiary/aromatic N) is 2. The normalized spacial score (nSPS) is 18.5. The molecule has 2 aliphatic rings. The summed E-state index contributed by atoms with van der Waals surface area (Å²) in [5.74, 6) is 0.421. The van der Waals surface area contributed by atoms with Gasteiger partial charge in [-0.25, -0.2) is 0 Å². The van der Waals surface area contributed by atoms with Crippen LogP contribution in [0.15, 0.2) is 62.7 Å². The molecule has 4 rings (SSSR count). The summed E-state index contributed by atoms with van der Waals surface area (Å²) in [5.41, 5.74) is 1.49.